The maximum Gasteiger partial charge on any atom is 0.123 e. The van der Waals surface area contributed by atoms with Crippen molar-refractivity contribution < 1.29 is 9.52 Å². The Bertz CT molecular complexity index is 434. The van der Waals surface area contributed by atoms with Crippen molar-refractivity contribution in [1.29, 1.82) is 0 Å². The predicted molar refractivity (Wildman–Crippen MR) is 61.6 cm³/mol. The van der Waals surface area contributed by atoms with Gasteiger partial charge in [0.1, 0.15) is 11.4 Å². The van der Waals surface area contributed by atoms with Crippen LogP contribution in [0.4, 0.5) is 0 Å². The molecule has 3 heteroatoms. The van der Waals surface area contributed by atoms with Gasteiger partial charge in [0.2, 0.25) is 0 Å². The number of nitrogens with two attached hydrogens (primary N) is 1. The molecule has 2 aromatic rings. The van der Waals surface area contributed by atoms with Crippen molar-refractivity contribution in [3.8, 4) is 0 Å². The van der Waals surface area contributed by atoms with E-state index < -0.39 is 11.6 Å². The summed E-state index contributed by atoms with van der Waals surface area (Å²) in [5.41, 5.74) is 5.64. The van der Waals surface area contributed by atoms with Crippen molar-refractivity contribution in [2.45, 2.75) is 18.6 Å². The number of hydrogen-bond acceptors (Lipinski definition) is 3. The van der Waals surface area contributed by atoms with Crippen molar-refractivity contribution in [1.82, 2.24) is 0 Å². The lowest BCUT2D eigenvalue weighted by Crippen LogP contribution is -2.35. The maximum atomic E-state index is 10.4. The molecule has 84 valence electrons. The second-order valence-corrected chi connectivity index (χ2v) is 4.01. The second kappa shape index (κ2) is 4.12. The fourth-order valence-electron chi connectivity index (χ4n) is 1.70. The molecule has 0 amide bonds. The van der Waals surface area contributed by atoms with Gasteiger partial charge in [0.05, 0.1) is 12.3 Å². The predicted octanol–water partition coefficient (Wildman–Crippen LogP) is 2.19. The number of rotatable bonds is 3. The number of aliphatic hydroxyl groups is 1. The number of hydrogen-bond donors (Lipinski definition) is 2. The zero-order valence-electron chi connectivity index (χ0n) is 9.13. The van der Waals surface area contributed by atoms with Crippen LogP contribution in [0.1, 0.15) is 24.3 Å². The first-order valence-electron chi connectivity index (χ1n) is 5.19. The second-order valence-electron chi connectivity index (χ2n) is 4.01. The Hall–Kier alpha value is -1.58. The van der Waals surface area contributed by atoms with Gasteiger partial charge in [0.25, 0.3) is 0 Å². The fraction of sp³-hybridized carbons (Fsp3) is 0.231. The van der Waals surface area contributed by atoms with E-state index in [1.807, 2.05) is 30.3 Å². The van der Waals surface area contributed by atoms with Gasteiger partial charge in [-0.3, -0.25) is 0 Å². The minimum atomic E-state index is -1.14. The molecule has 0 saturated carbocycles. The Labute approximate surface area is 94.5 Å². The van der Waals surface area contributed by atoms with E-state index in [2.05, 4.69) is 0 Å². The van der Waals surface area contributed by atoms with E-state index in [-0.39, 0.29) is 0 Å². The van der Waals surface area contributed by atoms with Crippen LogP contribution in [-0.4, -0.2) is 5.11 Å². The van der Waals surface area contributed by atoms with Crippen LogP contribution >= 0.6 is 0 Å². The van der Waals surface area contributed by atoms with Gasteiger partial charge in [-0.15, -0.1) is 0 Å². The molecule has 1 heterocycles. The van der Waals surface area contributed by atoms with E-state index in [4.69, 9.17) is 10.2 Å². The monoisotopic (exact) mass is 217 g/mol. The van der Waals surface area contributed by atoms with Crippen LogP contribution in [0.25, 0.3) is 0 Å². The first kappa shape index (κ1) is 10.9. The van der Waals surface area contributed by atoms with Gasteiger partial charge in [-0.05, 0) is 24.6 Å². The topological polar surface area (TPSA) is 59.4 Å². The molecule has 3 nitrogen and oxygen atoms in total. The summed E-state index contributed by atoms with van der Waals surface area (Å²) in [6.07, 6.45) is 1.55. The summed E-state index contributed by atoms with van der Waals surface area (Å²) in [6.45, 7) is 1.69. The third-order valence-corrected chi connectivity index (χ3v) is 2.81. The smallest absolute Gasteiger partial charge is 0.123 e. The summed E-state index contributed by atoms with van der Waals surface area (Å²) in [6, 6.07) is 12.3. The average molecular weight is 217 g/mol. The summed E-state index contributed by atoms with van der Waals surface area (Å²) in [5, 5.41) is 10.4. The van der Waals surface area contributed by atoms with Crippen LogP contribution in [0.3, 0.4) is 0 Å². The lowest BCUT2D eigenvalue weighted by molar-refractivity contribution is 0.0212. The van der Waals surface area contributed by atoms with Gasteiger partial charge in [-0.2, -0.15) is 0 Å². The Morgan fingerprint density at radius 1 is 1.19 bits per heavy atom. The highest BCUT2D eigenvalue weighted by atomic mass is 16.3. The van der Waals surface area contributed by atoms with Gasteiger partial charge < -0.3 is 15.3 Å². The first-order valence-corrected chi connectivity index (χ1v) is 5.19. The average Bonchev–Trinajstić information content (AvgIpc) is 2.82. The quantitative estimate of drug-likeness (QED) is 0.828. The molecule has 0 aliphatic rings. The largest absolute Gasteiger partial charge is 0.468 e. The van der Waals surface area contributed by atoms with Gasteiger partial charge in [0.15, 0.2) is 0 Å². The van der Waals surface area contributed by atoms with Gasteiger partial charge >= 0.3 is 0 Å². The third-order valence-electron chi connectivity index (χ3n) is 2.81. The molecule has 1 aromatic heterocycles. The third kappa shape index (κ3) is 1.87. The summed E-state index contributed by atoms with van der Waals surface area (Å²) < 4.78 is 5.22. The molecule has 0 spiro atoms. The highest BCUT2D eigenvalue weighted by molar-refractivity contribution is 5.25. The van der Waals surface area contributed by atoms with Crippen LogP contribution in [0, 0.1) is 0 Å². The van der Waals surface area contributed by atoms with Gasteiger partial charge in [0, 0.05) is 0 Å². The molecule has 2 rings (SSSR count). The van der Waals surface area contributed by atoms with Crippen molar-refractivity contribution in [2.75, 3.05) is 0 Å². The van der Waals surface area contributed by atoms with Crippen LogP contribution in [-0.2, 0) is 5.60 Å². The fourth-order valence-corrected chi connectivity index (χ4v) is 1.70. The van der Waals surface area contributed by atoms with Crippen LogP contribution in [0.5, 0.6) is 0 Å². The molecule has 1 aromatic carbocycles. The highest BCUT2D eigenvalue weighted by Gasteiger charge is 2.33. The minimum absolute atomic E-state index is 0.578. The molecule has 2 unspecified atom stereocenters. The van der Waals surface area contributed by atoms with E-state index >= 15 is 0 Å². The Morgan fingerprint density at radius 2 is 1.88 bits per heavy atom. The van der Waals surface area contributed by atoms with Gasteiger partial charge in [-0.1, -0.05) is 30.3 Å². The molecule has 0 aliphatic heterocycles. The van der Waals surface area contributed by atoms with E-state index in [1.165, 1.54) is 0 Å². The summed E-state index contributed by atoms with van der Waals surface area (Å²) >= 11 is 0. The molecule has 0 saturated heterocycles. The molecular formula is C13H15NO2. The highest BCUT2D eigenvalue weighted by Crippen LogP contribution is 2.32. The van der Waals surface area contributed by atoms with Crippen molar-refractivity contribution in [2.24, 2.45) is 5.73 Å². The standard InChI is InChI=1S/C13H15NO2/c1-13(15,10-6-3-2-4-7-10)12(14)11-8-5-9-16-11/h2-9,12,15H,14H2,1H3. The first-order chi connectivity index (χ1) is 7.62. The molecule has 0 aliphatic carbocycles. The zero-order valence-corrected chi connectivity index (χ0v) is 9.13. The normalized spacial score (nSPS) is 16.7. The van der Waals surface area contributed by atoms with E-state index in [9.17, 15) is 5.11 Å². The summed E-state index contributed by atoms with van der Waals surface area (Å²) in [7, 11) is 0. The zero-order chi connectivity index (χ0) is 11.6. The maximum absolute atomic E-state index is 10.4. The summed E-state index contributed by atoms with van der Waals surface area (Å²) in [5.74, 6) is 0.578. The van der Waals surface area contributed by atoms with Crippen molar-refractivity contribution in [3.63, 3.8) is 0 Å². The van der Waals surface area contributed by atoms with E-state index in [0.29, 0.717) is 5.76 Å². The van der Waals surface area contributed by atoms with Gasteiger partial charge in [-0.25, -0.2) is 0 Å². The van der Waals surface area contributed by atoms with E-state index in [0.717, 1.165) is 5.56 Å². The Kier molecular flexibility index (Phi) is 2.81. The number of furan rings is 1. The lowest BCUT2D eigenvalue weighted by atomic mass is 9.87. The Morgan fingerprint density at radius 3 is 2.44 bits per heavy atom. The van der Waals surface area contributed by atoms with E-state index in [1.54, 1.807) is 25.3 Å². The number of benzene rings is 1. The Balaban J connectivity index is 2.32. The van der Waals surface area contributed by atoms with Crippen molar-refractivity contribution in [3.05, 3.63) is 60.1 Å². The lowest BCUT2D eigenvalue weighted by Gasteiger charge is -2.29. The van der Waals surface area contributed by atoms with Crippen LogP contribution < -0.4 is 5.73 Å². The van der Waals surface area contributed by atoms with Crippen LogP contribution in [0.2, 0.25) is 0 Å². The molecular weight excluding hydrogens is 202 g/mol. The minimum Gasteiger partial charge on any atom is -0.468 e. The molecule has 0 radical (unpaired) electrons. The molecule has 3 N–H and O–H groups in total. The van der Waals surface area contributed by atoms with Crippen LogP contribution in [0.15, 0.2) is 53.1 Å². The molecule has 2 atom stereocenters. The molecule has 16 heavy (non-hydrogen) atoms. The molecule has 0 bridgehead atoms. The molecule has 0 fully saturated rings. The SMILES string of the molecule is CC(O)(c1ccccc1)C(N)c1ccco1. The van der Waals surface area contributed by atoms with Crippen molar-refractivity contribution >= 4 is 0 Å². The summed E-state index contributed by atoms with van der Waals surface area (Å²) in [4.78, 5) is 0.